The van der Waals surface area contributed by atoms with Crippen molar-refractivity contribution in [1.82, 2.24) is 9.80 Å². The first-order valence-electron chi connectivity index (χ1n) is 8.88. The van der Waals surface area contributed by atoms with Crippen LogP contribution in [0.25, 0.3) is 0 Å². The number of hydrogen-bond acceptors (Lipinski definition) is 5. The van der Waals surface area contributed by atoms with Crippen molar-refractivity contribution in [2.24, 2.45) is 0 Å². The van der Waals surface area contributed by atoms with Gasteiger partial charge in [-0.15, -0.1) is 0 Å². The molecular weight excluding hydrogens is 280 g/mol. The first-order valence-corrected chi connectivity index (χ1v) is 8.88. The van der Waals surface area contributed by atoms with Gasteiger partial charge in [0.1, 0.15) is 0 Å². The SMILES string of the molecule is COC1CC(OC2CCN(CC3(O)CCN(C)CC3)CC2)C1. The van der Waals surface area contributed by atoms with Crippen LogP contribution >= 0.6 is 0 Å². The van der Waals surface area contributed by atoms with Gasteiger partial charge in [0.2, 0.25) is 0 Å². The van der Waals surface area contributed by atoms with Crippen molar-refractivity contribution in [3.63, 3.8) is 0 Å². The quantitative estimate of drug-likeness (QED) is 0.824. The summed E-state index contributed by atoms with van der Waals surface area (Å²) in [6, 6.07) is 0. The first kappa shape index (κ1) is 16.7. The summed E-state index contributed by atoms with van der Waals surface area (Å²) < 4.78 is 11.5. The Labute approximate surface area is 134 Å². The molecule has 2 saturated heterocycles. The van der Waals surface area contributed by atoms with Crippen LogP contribution in [-0.4, -0.2) is 85.7 Å². The highest BCUT2D eigenvalue weighted by Crippen LogP contribution is 2.30. The summed E-state index contributed by atoms with van der Waals surface area (Å²) in [6.45, 7) is 4.98. The van der Waals surface area contributed by atoms with Gasteiger partial charge in [0.15, 0.2) is 0 Å². The fourth-order valence-corrected chi connectivity index (χ4v) is 3.91. The number of aliphatic hydroxyl groups is 1. The van der Waals surface area contributed by atoms with Crippen molar-refractivity contribution >= 4 is 0 Å². The fourth-order valence-electron chi connectivity index (χ4n) is 3.91. The second-order valence-electron chi connectivity index (χ2n) is 7.59. The number of ether oxygens (including phenoxy) is 2. The van der Waals surface area contributed by atoms with Crippen molar-refractivity contribution < 1.29 is 14.6 Å². The molecule has 2 aliphatic heterocycles. The second kappa shape index (κ2) is 7.14. The molecule has 2 heterocycles. The van der Waals surface area contributed by atoms with E-state index in [1.807, 2.05) is 0 Å². The molecule has 3 aliphatic rings. The van der Waals surface area contributed by atoms with Gasteiger partial charge < -0.3 is 24.4 Å². The van der Waals surface area contributed by atoms with Crippen molar-refractivity contribution in [1.29, 1.82) is 0 Å². The lowest BCUT2D eigenvalue weighted by molar-refractivity contribution is -0.129. The van der Waals surface area contributed by atoms with Gasteiger partial charge >= 0.3 is 0 Å². The zero-order chi connectivity index (χ0) is 15.6. The standard InChI is InChI=1S/C17H32N2O3/c1-18-9-5-17(20,6-10-18)13-19-7-3-14(4-8-19)22-16-11-15(12-16)21-2/h14-16,20H,3-13H2,1-2H3. The molecule has 0 radical (unpaired) electrons. The monoisotopic (exact) mass is 312 g/mol. The van der Waals surface area contributed by atoms with Crippen LogP contribution in [-0.2, 0) is 9.47 Å². The fraction of sp³-hybridized carbons (Fsp3) is 1.00. The van der Waals surface area contributed by atoms with Gasteiger partial charge in [-0.05, 0) is 45.6 Å². The zero-order valence-electron chi connectivity index (χ0n) is 14.2. The number of rotatable bonds is 5. The molecule has 0 amide bonds. The summed E-state index contributed by atoms with van der Waals surface area (Å²) in [5.74, 6) is 0. The summed E-state index contributed by atoms with van der Waals surface area (Å²) in [6.07, 6.45) is 7.37. The molecule has 0 aromatic rings. The molecule has 0 aromatic carbocycles. The maximum absolute atomic E-state index is 10.7. The highest BCUT2D eigenvalue weighted by molar-refractivity contribution is 4.90. The van der Waals surface area contributed by atoms with Crippen molar-refractivity contribution in [3.05, 3.63) is 0 Å². The van der Waals surface area contributed by atoms with E-state index in [0.29, 0.717) is 18.3 Å². The molecular formula is C17H32N2O3. The topological polar surface area (TPSA) is 45.2 Å². The van der Waals surface area contributed by atoms with Gasteiger partial charge in [0.05, 0.1) is 23.9 Å². The predicted molar refractivity (Wildman–Crippen MR) is 86.0 cm³/mol. The minimum absolute atomic E-state index is 0.409. The minimum Gasteiger partial charge on any atom is -0.388 e. The number of β-amino-alcohol motifs (C(OH)–C–C–N with tert-alkyl or cyclic N) is 1. The molecule has 3 fully saturated rings. The van der Waals surface area contributed by atoms with Gasteiger partial charge in [-0.25, -0.2) is 0 Å². The molecule has 0 unspecified atom stereocenters. The normalized spacial score (nSPS) is 34.5. The van der Waals surface area contributed by atoms with E-state index < -0.39 is 5.60 Å². The van der Waals surface area contributed by atoms with Crippen LogP contribution in [0.3, 0.4) is 0 Å². The average Bonchev–Trinajstić information content (AvgIpc) is 2.47. The Morgan fingerprint density at radius 1 is 1.00 bits per heavy atom. The van der Waals surface area contributed by atoms with Crippen LogP contribution in [0.4, 0.5) is 0 Å². The maximum atomic E-state index is 10.7. The lowest BCUT2D eigenvalue weighted by Crippen LogP contribution is -2.52. The molecule has 5 nitrogen and oxygen atoms in total. The van der Waals surface area contributed by atoms with E-state index in [4.69, 9.17) is 9.47 Å². The Balaban J connectivity index is 1.35. The van der Waals surface area contributed by atoms with E-state index >= 15 is 0 Å². The third kappa shape index (κ3) is 4.20. The molecule has 5 heteroatoms. The van der Waals surface area contributed by atoms with E-state index in [0.717, 1.165) is 71.2 Å². The lowest BCUT2D eigenvalue weighted by Gasteiger charge is -2.43. The Bertz CT molecular complexity index is 344. The first-order chi connectivity index (χ1) is 10.6. The van der Waals surface area contributed by atoms with Gasteiger partial charge in [0, 0.05) is 39.8 Å². The van der Waals surface area contributed by atoms with Crippen LogP contribution < -0.4 is 0 Å². The molecule has 22 heavy (non-hydrogen) atoms. The molecule has 0 spiro atoms. The Morgan fingerprint density at radius 2 is 1.64 bits per heavy atom. The van der Waals surface area contributed by atoms with Crippen LogP contribution in [0, 0.1) is 0 Å². The third-order valence-corrected chi connectivity index (χ3v) is 5.74. The molecule has 1 saturated carbocycles. The summed E-state index contributed by atoms with van der Waals surface area (Å²) in [5, 5.41) is 10.7. The average molecular weight is 312 g/mol. The molecule has 0 aromatic heterocycles. The smallest absolute Gasteiger partial charge is 0.0798 e. The van der Waals surface area contributed by atoms with Crippen LogP contribution in [0.15, 0.2) is 0 Å². The maximum Gasteiger partial charge on any atom is 0.0798 e. The Kier molecular flexibility index (Phi) is 5.40. The summed E-state index contributed by atoms with van der Waals surface area (Å²) in [4.78, 5) is 4.74. The molecule has 1 N–H and O–H groups in total. The third-order valence-electron chi connectivity index (χ3n) is 5.74. The Morgan fingerprint density at radius 3 is 2.23 bits per heavy atom. The van der Waals surface area contributed by atoms with Crippen molar-refractivity contribution in [3.8, 4) is 0 Å². The highest BCUT2D eigenvalue weighted by Gasteiger charge is 2.36. The number of piperidine rings is 2. The summed E-state index contributed by atoms with van der Waals surface area (Å²) in [7, 11) is 3.92. The van der Waals surface area contributed by atoms with E-state index in [2.05, 4.69) is 16.8 Å². The highest BCUT2D eigenvalue weighted by atomic mass is 16.5. The predicted octanol–water partition coefficient (Wildman–Crippen LogP) is 1.10. The van der Waals surface area contributed by atoms with E-state index in [9.17, 15) is 5.11 Å². The molecule has 1 aliphatic carbocycles. The molecule has 3 rings (SSSR count). The number of nitrogens with zero attached hydrogens (tertiary/aromatic N) is 2. The number of hydrogen-bond donors (Lipinski definition) is 1. The van der Waals surface area contributed by atoms with Crippen molar-refractivity contribution in [2.75, 3.05) is 46.9 Å². The van der Waals surface area contributed by atoms with Gasteiger partial charge in [-0.1, -0.05) is 0 Å². The Hall–Kier alpha value is -0.200. The van der Waals surface area contributed by atoms with Crippen LogP contribution in [0.1, 0.15) is 38.5 Å². The van der Waals surface area contributed by atoms with Crippen LogP contribution in [0.5, 0.6) is 0 Å². The molecule has 128 valence electrons. The van der Waals surface area contributed by atoms with E-state index in [-0.39, 0.29) is 0 Å². The van der Waals surface area contributed by atoms with Gasteiger partial charge in [-0.2, -0.15) is 0 Å². The molecule has 0 bridgehead atoms. The van der Waals surface area contributed by atoms with E-state index in [1.54, 1.807) is 7.11 Å². The zero-order valence-corrected chi connectivity index (χ0v) is 14.2. The van der Waals surface area contributed by atoms with Crippen molar-refractivity contribution in [2.45, 2.75) is 62.4 Å². The largest absolute Gasteiger partial charge is 0.388 e. The number of likely N-dealkylation sites (tertiary alicyclic amines) is 2. The minimum atomic E-state index is -0.472. The second-order valence-corrected chi connectivity index (χ2v) is 7.59. The summed E-state index contributed by atoms with van der Waals surface area (Å²) >= 11 is 0. The number of methoxy groups -OCH3 is 1. The van der Waals surface area contributed by atoms with Gasteiger partial charge in [0.25, 0.3) is 0 Å². The lowest BCUT2D eigenvalue weighted by atomic mass is 9.90. The van der Waals surface area contributed by atoms with Gasteiger partial charge in [-0.3, -0.25) is 0 Å². The van der Waals surface area contributed by atoms with Crippen LogP contribution in [0.2, 0.25) is 0 Å². The summed E-state index contributed by atoms with van der Waals surface area (Å²) in [5.41, 5.74) is -0.472. The molecule has 0 atom stereocenters. The van der Waals surface area contributed by atoms with E-state index in [1.165, 1.54) is 0 Å².